The van der Waals surface area contributed by atoms with E-state index < -0.39 is 4.92 Å². The number of carbonyl (C=O) groups is 2. The summed E-state index contributed by atoms with van der Waals surface area (Å²) in [5, 5.41) is 21.6. The molecule has 9 heteroatoms. The average molecular weight is 466 g/mol. The number of piperidine rings is 1. The molecule has 1 atom stereocenters. The molecule has 1 N–H and O–H groups in total. The molecule has 0 radical (unpaired) electrons. The predicted molar refractivity (Wildman–Crippen MR) is 124 cm³/mol. The van der Waals surface area contributed by atoms with Gasteiger partial charge in [0.1, 0.15) is 11.5 Å². The molecule has 9 nitrogen and oxygen atoms in total. The number of aromatic hydroxyl groups is 1. The van der Waals surface area contributed by atoms with Crippen LogP contribution in [0, 0.1) is 23.0 Å². The van der Waals surface area contributed by atoms with E-state index in [0.29, 0.717) is 47.7 Å². The second-order valence-electron chi connectivity index (χ2n) is 8.51. The first kappa shape index (κ1) is 23.4. The maximum Gasteiger partial charge on any atom is 0.310 e. The van der Waals surface area contributed by atoms with Crippen molar-refractivity contribution in [3.63, 3.8) is 0 Å². The van der Waals surface area contributed by atoms with Gasteiger partial charge in [-0.1, -0.05) is 0 Å². The van der Waals surface area contributed by atoms with Gasteiger partial charge < -0.3 is 14.6 Å². The van der Waals surface area contributed by atoms with E-state index in [1.54, 1.807) is 32.0 Å². The van der Waals surface area contributed by atoms with Crippen molar-refractivity contribution < 1.29 is 29.1 Å². The highest BCUT2D eigenvalue weighted by atomic mass is 16.6. The quantitative estimate of drug-likeness (QED) is 0.294. The van der Waals surface area contributed by atoms with Crippen LogP contribution in [0.4, 0.5) is 5.69 Å². The van der Waals surface area contributed by atoms with Crippen LogP contribution in [0.25, 0.3) is 6.08 Å². The number of nitrogens with zero attached hydrogens (tertiary/aromatic N) is 2. The van der Waals surface area contributed by atoms with Crippen LogP contribution in [0.5, 0.6) is 11.5 Å². The van der Waals surface area contributed by atoms with Crippen molar-refractivity contribution in [2.24, 2.45) is 5.92 Å². The molecule has 1 unspecified atom stereocenters. The van der Waals surface area contributed by atoms with Gasteiger partial charge in [0.05, 0.1) is 28.6 Å². The summed E-state index contributed by atoms with van der Waals surface area (Å²) >= 11 is 0. The molecule has 178 valence electrons. The Morgan fingerprint density at radius 2 is 2.09 bits per heavy atom. The number of ketones is 1. The maximum atomic E-state index is 13.1. The molecule has 0 aliphatic carbocycles. The van der Waals surface area contributed by atoms with Gasteiger partial charge in [-0.2, -0.15) is 0 Å². The summed E-state index contributed by atoms with van der Waals surface area (Å²) in [4.78, 5) is 37.8. The highest BCUT2D eigenvalue weighted by molar-refractivity contribution is 6.15. The van der Waals surface area contributed by atoms with E-state index in [-0.39, 0.29) is 34.9 Å². The van der Waals surface area contributed by atoms with Crippen LogP contribution >= 0.6 is 0 Å². The number of benzene rings is 2. The molecule has 2 aliphatic heterocycles. The van der Waals surface area contributed by atoms with Gasteiger partial charge in [0.25, 0.3) is 5.69 Å². The fourth-order valence-electron chi connectivity index (χ4n) is 4.45. The van der Waals surface area contributed by atoms with Crippen molar-refractivity contribution in [2.75, 3.05) is 19.7 Å². The zero-order chi connectivity index (χ0) is 24.4. The van der Waals surface area contributed by atoms with E-state index in [1.807, 2.05) is 0 Å². The summed E-state index contributed by atoms with van der Waals surface area (Å²) in [6.07, 6.45) is 3.11. The number of carbonyl (C=O) groups excluding carboxylic acids is 2. The first-order valence-electron chi connectivity index (χ1n) is 11.2. The van der Waals surface area contributed by atoms with Crippen molar-refractivity contribution >= 4 is 23.5 Å². The van der Waals surface area contributed by atoms with Crippen molar-refractivity contribution in [3.05, 3.63) is 68.5 Å². The van der Waals surface area contributed by atoms with Gasteiger partial charge in [-0.15, -0.1) is 0 Å². The Kier molecular flexibility index (Phi) is 6.65. The van der Waals surface area contributed by atoms with E-state index in [0.717, 1.165) is 19.4 Å². The van der Waals surface area contributed by atoms with Crippen molar-refractivity contribution in [1.29, 1.82) is 0 Å². The number of fused-ring (bicyclic) bond motifs is 1. The summed E-state index contributed by atoms with van der Waals surface area (Å²) < 4.78 is 11.1. The molecule has 1 saturated heterocycles. The summed E-state index contributed by atoms with van der Waals surface area (Å²) in [5.74, 6) is -0.329. The molecule has 2 aromatic carbocycles. The summed E-state index contributed by atoms with van der Waals surface area (Å²) in [5.41, 5.74) is 2.01. The van der Waals surface area contributed by atoms with E-state index in [4.69, 9.17) is 9.47 Å². The smallest absolute Gasteiger partial charge is 0.310 e. The topological polar surface area (TPSA) is 119 Å². The number of allylic oxidation sites excluding steroid dienone is 1. The lowest BCUT2D eigenvalue weighted by Crippen LogP contribution is -2.39. The van der Waals surface area contributed by atoms with E-state index in [2.05, 4.69) is 4.90 Å². The van der Waals surface area contributed by atoms with Crippen LogP contribution in [0.2, 0.25) is 0 Å². The molecule has 0 saturated carbocycles. The zero-order valence-electron chi connectivity index (χ0n) is 19.1. The third kappa shape index (κ3) is 4.65. The second-order valence-corrected chi connectivity index (χ2v) is 8.51. The van der Waals surface area contributed by atoms with Crippen molar-refractivity contribution in [3.8, 4) is 11.5 Å². The third-order valence-corrected chi connectivity index (χ3v) is 6.13. The number of hydrogen-bond acceptors (Lipinski definition) is 8. The van der Waals surface area contributed by atoms with E-state index in [1.165, 1.54) is 18.2 Å². The molecule has 2 heterocycles. The number of aryl methyl sites for hydroxylation is 1. The maximum absolute atomic E-state index is 13.1. The molecular formula is C25H26N2O7. The van der Waals surface area contributed by atoms with Crippen LogP contribution in [0.15, 0.2) is 36.1 Å². The minimum absolute atomic E-state index is 0.0268. The largest absolute Gasteiger partial charge is 0.507 e. The Bertz CT molecular complexity index is 1170. The molecular weight excluding hydrogens is 440 g/mol. The molecule has 0 aromatic heterocycles. The normalized spacial score (nSPS) is 19.1. The standard InChI is InChI=1S/C25H26N2O7/c1-3-33-25(30)17-5-4-10-26(13-17)14-19-20(28)11-15(2)22-23(29)21(34-24(19)22)12-16-6-8-18(9-7-16)27(31)32/h6-9,11-12,17,28H,3-5,10,13-14H2,1-2H3/b21-12-. The monoisotopic (exact) mass is 466 g/mol. The number of phenols is 1. The molecule has 0 amide bonds. The highest BCUT2D eigenvalue weighted by Gasteiger charge is 2.35. The second kappa shape index (κ2) is 9.64. The van der Waals surface area contributed by atoms with Crippen LogP contribution in [-0.4, -0.2) is 46.4 Å². The molecule has 2 aromatic rings. The molecule has 4 rings (SSSR count). The summed E-state index contributed by atoms with van der Waals surface area (Å²) in [6, 6.07) is 7.35. The minimum Gasteiger partial charge on any atom is -0.507 e. The van der Waals surface area contributed by atoms with Gasteiger partial charge in [-0.05, 0) is 68.6 Å². The number of Topliss-reactive ketones (excluding diaryl/α,β-unsaturated/α-hetero) is 1. The van der Waals surface area contributed by atoms with E-state index in [9.17, 15) is 24.8 Å². The molecule has 34 heavy (non-hydrogen) atoms. The Morgan fingerprint density at radius 1 is 1.35 bits per heavy atom. The number of rotatable bonds is 6. The fraction of sp³-hybridized carbons (Fsp3) is 0.360. The Balaban J connectivity index is 1.60. The number of ether oxygens (including phenoxy) is 2. The number of esters is 1. The number of nitro benzene ring substituents is 1. The zero-order valence-corrected chi connectivity index (χ0v) is 19.1. The highest BCUT2D eigenvalue weighted by Crippen LogP contribution is 2.42. The average Bonchev–Trinajstić information content (AvgIpc) is 3.13. The Morgan fingerprint density at radius 3 is 2.76 bits per heavy atom. The molecule has 0 spiro atoms. The van der Waals surface area contributed by atoms with Gasteiger partial charge in [0, 0.05) is 25.2 Å². The van der Waals surface area contributed by atoms with Crippen LogP contribution < -0.4 is 4.74 Å². The lowest BCUT2D eigenvalue weighted by atomic mass is 9.96. The molecule has 0 bridgehead atoms. The summed E-state index contributed by atoms with van der Waals surface area (Å²) in [7, 11) is 0. The van der Waals surface area contributed by atoms with Gasteiger partial charge >= 0.3 is 5.97 Å². The Hall–Kier alpha value is -3.72. The SMILES string of the molecule is CCOC(=O)C1CCCN(Cc2c(O)cc(C)c3c2O/C(=C\c2ccc([N+](=O)[O-])cc2)C3=O)C1. The first-order valence-corrected chi connectivity index (χ1v) is 11.2. The lowest BCUT2D eigenvalue weighted by molar-refractivity contribution is -0.384. The molecule has 1 fully saturated rings. The first-order chi connectivity index (χ1) is 16.3. The number of hydrogen-bond donors (Lipinski definition) is 1. The summed E-state index contributed by atoms with van der Waals surface area (Å²) in [6.45, 7) is 5.42. The third-order valence-electron chi connectivity index (χ3n) is 6.13. The molecule has 2 aliphatic rings. The van der Waals surface area contributed by atoms with Crippen molar-refractivity contribution in [2.45, 2.75) is 33.2 Å². The number of likely N-dealkylation sites (tertiary alicyclic amines) is 1. The van der Waals surface area contributed by atoms with Crippen LogP contribution in [0.1, 0.15) is 46.8 Å². The lowest BCUT2D eigenvalue weighted by Gasteiger charge is -2.31. The number of phenolic OH excluding ortho intramolecular Hbond substituents is 1. The predicted octanol–water partition coefficient (Wildman–Crippen LogP) is 4.00. The number of nitro groups is 1. The number of non-ortho nitro benzene ring substituents is 1. The van der Waals surface area contributed by atoms with Crippen molar-refractivity contribution in [1.82, 2.24) is 4.90 Å². The van der Waals surface area contributed by atoms with Gasteiger partial charge in [0.15, 0.2) is 5.76 Å². The van der Waals surface area contributed by atoms with E-state index >= 15 is 0 Å². The minimum atomic E-state index is -0.491. The fourth-order valence-corrected chi connectivity index (χ4v) is 4.45. The van der Waals surface area contributed by atoms with Gasteiger partial charge in [-0.25, -0.2) is 0 Å². The van der Waals surface area contributed by atoms with Crippen LogP contribution in [0.3, 0.4) is 0 Å². The van der Waals surface area contributed by atoms with Crippen LogP contribution in [-0.2, 0) is 16.1 Å². The Labute approximate surface area is 196 Å². The van der Waals surface area contributed by atoms with Gasteiger partial charge in [-0.3, -0.25) is 24.6 Å². The van der Waals surface area contributed by atoms with Gasteiger partial charge in [0.2, 0.25) is 5.78 Å².